The van der Waals surface area contributed by atoms with E-state index in [9.17, 15) is 4.39 Å². The molecule has 21 heavy (non-hydrogen) atoms. The molecule has 0 saturated carbocycles. The molecule has 3 N–H and O–H groups in total. The number of benzene rings is 1. The molecule has 0 spiro atoms. The maximum atomic E-state index is 12.9. The van der Waals surface area contributed by atoms with E-state index in [1.807, 2.05) is 0 Å². The standard InChI is InChI=1S/C13H15FN6S/c14-9-3-5-10(6-4-9)21-13-17-11(19-15)16-12(18-13)20-7-1-2-8-20/h3-6H,1-2,7-8,15H2,(H,16,17,18,19). The minimum atomic E-state index is -0.267. The van der Waals surface area contributed by atoms with Gasteiger partial charge >= 0.3 is 0 Å². The highest BCUT2D eigenvalue weighted by molar-refractivity contribution is 7.99. The normalized spacial score (nSPS) is 14.5. The number of nitrogens with zero attached hydrogens (tertiary/aromatic N) is 4. The van der Waals surface area contributed by atoms with Gasteiger partial charge in [0.1, 0.15) is 5.82 Å². The van der Waals surface area contributed by atoms with E-state index in [4.69, 9.17) is 5.84 Å². The number of anilines is 2. The van der Waals surface area contributed by atoms with Gasteiger partial charge in [-0.1, -0.05) is 0 Å². The molecule has 0 radical (unpaired) electrons. The highest BCUT2D eigenvalue weighted by Gasteiger charge is 2.17. The number of rotatable bonds is 4. The van der Waals surface area contributed by atoms with E-state index in [2.05, 4.69) is 25.3 Å². The van der Waals surface area contributed by atoms with Gasteiger partial charge in [0.25, 0.3) is 0 Å². The van der Waals surface area contributed by atoms with E-state index >= 15 is 0 Å². The van der Waals surface area contributed by atoms with Crippen molar-refractivity contribution in [2.45, 2.75) is 22.9 Å². The Morgan fingerprint density at radius 1 is 1.10 bits per heavy atom. The van der Waals surface area contributed by atoms with Gasteiger partial charge in [-0.2, -0.15) is 15.0 Å². The molecule has 1 aromatic carbocycles. The van der Waals surface area contributed by atoms with Crippen LogP contribution in [0.1, 0.15) is 12.8 Å². The van der Waals surface area contributed by atoms with Crippen LogP contribution < -0.4 is 16.2 Å². The van der Waals surface area contributed by atoms with Crippen molar-refractivity contribution < 1.29 is 4.39 Å². The summed E-state index contributed by atoms with van der Waals surface area (Å²) >= 11 is 1.35. The maximum absolute atomic E-state index is 12.9. The van der Waals surface area contributed by atoms with Crippen molar-refractivity contribution in [2.24, 2.45) is 5.84 Å². The van der Waals surface area contributed by atoms with Crippen molar-refractivity contribution in [2.75, 3.05) is 23.4 Å². The molecule has 0 amide bonds. The summed E-state index contributed by atoms with van der Waals surface area (Å²) in [5.41, 5.74) is 2.46. The van der Waals surface area contributed by atoms with Gasteiger partial charge in [0.15, 0.2) is 5.16 Å². The highest BCUT2D eigenvalue weighted by Crippen LogP contribution is 2.27. The van der Waals surface area contributed by atoms with Gasteiger partial charge in [0.2, 0.25) is 11.9 Å². The number of halogens is 1. The average Bonchev–Trinajstić information content (AvgIpc) is 3.04. The smallest absolute Gasteiger partial charge is 0.242 e. The molecule has 2 heterocycles. The number of aromatic nitrogens is 3. The van der Waals surface area contributed by atoms with Crippen LogP contribution in [0, 0.1) is 5.82 Å². The largest absolute Gasteiger partial charge is 0.341 e. The first-order valence-corrected chi connectivity index (χ1v) is 7.47. The van der Waals surface area contributed by atoms with Gasteiger partial charge in [-0.3, -0.25) is 5.43 Å². The van der Waals surface area contributed by atoms with E-state index < -0.39 is 0 Å². The van der Waals surface area contributed by atoms with Crippen molar-refractivity contribution in [3.63, 3.8) is 0 Å². The summed E-state index contributed by atoms with van der Waals surface area (Å²) in [6.07, 6.45) is 2.27. The molecule has 2 aromatic rings. The van der Waals surface area contributed by atoms with Crippen LogP contribution in [0.3, 0.4) is 0 Å². The zero-order chi connectivity index (χ0) is 14.7. The first kappa shape index (κ1) is 14.0. The van der Waals surface area contributed by atoms with Crippen LogP contribution in [-0.4, -0.2) is 28.0 Å². The Labute approximate surface area is 126 Å². The second-order valence-corrected chi connectivity index (χ2v) is 5.68. The molecule has 1 aliphatic rings. The Bertz CT molecular complexity index is 615. The Morgan fingerprint density at radius 3 is 2.48 bits per heavy atom. The molecule has 0 atom stereocenters. The van der Waals surface area contributed by atoms with Crippen molar-refractivity contribution >= 4 is 23.7 Å². The third-order valence-corrected chi connectivity index (χ3v) is 4.02. The zero-order valence-electron chi connectivity index (χ0n) is 11.3. The lowest BCUT2D eigenvalue weighted by atomic mass is 10.4. The zero-order valence-corrected chi connectivity index (χ0v) is 12.1. The topological polar surface area (TPSA) is 80.0 Å². The third kappa shape index (κ3) is 3.40. The third-order valence-electron chi connectivity index (χ3n) is 3.14. The lowest BCUT2D eigenvalue weighted by molar-refractivity contribution is 0.626. The molecule has 1 aliphatic heterocycles. The molecule has 3 rings (SSSR count). The number of hydrogen-bond donors (Lipinski definition) is 2. The summed E-state index contributed by atoms with van der Waals surface area (Å²) in [7, 11) is 0. The van der Waals surface area contributed by atoms with Gasteiger partial charge in [-0.15, -0.1) is 0 Å². The van der Waals surface area contributed by atoms with Gasteiger partial charge in [0, 0.05) is 18.0 Å². The SMILES string of the molecule is NNc1nc(Sc2ccc(F)cc2)nc(N2CCCC2)n1. The number of nitrogen functional groups attached to an aromatic ring is 1. The lowest BCUT2D eigenvalue weighted by Gasteiger charge is -2.16. The number of hydrazine groups is 1. The van der Waals surface area contributed by atoms with Gasteiger partial charge < -0.3 is 4.90 Å². The van der Waals surface area contributed by atoms with E-state index in [-0.39, 0.29) is 5.82 Å². The van der Waals surface area contributed by atoms with Crippen LogP contribution in [0.5, 0.6) is 0 Å². The molecule has 0 bridgehead atoms. The van der Waals surface area contributed by atoms with Crippen molar-refractivity contribution in [1.82, 2.24) is 15.0 Å². The Kier molecular flexibility index (Phi) is 4.16. The van der Waals surface area contributed by atoms with Crippen molar-refractivity contribution in [3.05, 3.63) is 30.1 Å². The van der Waals surface area contributed by atoms with E-state index in [0.717, 1.165) is 30.8 Å². The van der Waals surface area contributed by atoms with Crippen LogP contribution >= 0.6 is 11.8 Å². The quantitative estimate of drug-likeness (QED) is 0.661. The predicted octanol–water partition coefficient (Wildman–Crippen LogP) is 2.05. The first-order chi connectivity index (χ1) is 10.2. The molecular formula is C13H15FN6S. The Balaban J connectivity index is 1.86. The maximum Gasteiger partial charge on any atom is 0.242 e. The summed E-state index contributed by atoms with van der Waals surface area (Å²) in [6.45, 7) is 1.88. The summed E-state index contributed by atoms with van der Waals surface area (Å²) in [6, 6.07) is 6.20. The van der Waals surface area contributed by atoms with E-state index in [1.54, 1.807) is 12.1 Å². The predicted molar refractivity (Wildman–Crippen MR) is 79.6 cm³/mol. The van der Waals surface area contributed by atoms with Crippen LogP contribution in [0.25, 0.3) is 0 Å². The van der Waals surface area contributed by atoms with E-state index in [0.29, 0.717) is 17.1 Å². The second-order valence-electron chi connectivity index (χ2n) is 4.64. The number of nitrogens with two attached hydrogens (primary N) is 1. The fourth-order valence-electron chi connectivity index (χ4n) is 2.12. The summed E-state index contributed by atoms with van der Waals surface area (Å²) < 4.78 is 12.9. The first-order valence-electron chi connectivity index (χ1n) is 6.65. The minimum absolute atomic E-state index is 0.267. The van der Waals surface area contributed by atoms with Gasteiger partial charge in [0.05, 0.1) is 0 Å². The monoisotopic (exact) mass is 306 g/mol. The van der Waals surface area contributed by atoms with Crippen molar-refractivity contribution in [3.8, 4) is 0 Å². The van der Waals surface area contributed by atoms with Gasteiger partial charge in [-0.05, 0) is 48.9 Å². The van der Waals surface area contributed by atoms with Crippen LogP contribution in [0.15, 0.2) is 34.3 Å². The molecule has 6 nitrogen and oxygen atoms in total. The molecule has 1 saturated heterocycles. The molecule has 1 aromatic heterocycles. The molecule has 8 heteroatoms. The second kappa shape index (κ2) is 6.23. The van der Waals surface area contributed by atoms with Crippen LogP contribution in [0.2, 0.25) is 0 Å². The summed E-state index contributed by atoms with van der Waals surface area (Å²) in [4.78, 5) is 15.9. The molecule has 0 unspecified atom stereocenters. The molecule has 110 valence electrons. The molecule has 1 fully saturated rings. The average molecular weight is 306 g/mol. The number of nitrogens with one attached hydrogen (secondary N) is 1. The number of hydrogen-bond acceptors (Lipinski definition) is 7. The Hall–Kier alpha value is -1.93. The van der Waals surface area contributed by atoms with Crippen molar-refractivity contribution in [1.29, 1.82) is 0 Å². The van der Waals surface area contributed by atoms with Crippen LogP contribution in [0.4, 0.5) is 16.3 Å². The summed E-state index contributed by atoms with van der Waals surface area (Å²) in [5, 5.41) is 0.534. The molecular weight excluding hydrogens is 291 g/mol. The fraction of sp³-hybridized carbons (Fsp3) is 0.308. The lowest BCUT2D eigenvalue weighted by Crippen LogP contribution is -2.22. The molecule has 0 aliphatic carbocycles. The van der Waals surface area contributed by atoms with Crippen LogP contribution in [-0.2, 0) is 0 Å². The minimum Gasteiger partial charge on any atom is -0.341 e. The van der Waals surface area contributed by atoms with Gasteiger partial charge in [-0.25, -0.2) is 10.2 Å². The van der Waals surface area contributed by atoms with E-state index in [1.165, 1.54) is 23.9 Å². The Morgan fingerprint density at radius 2 is 1.81 bits per heavy atom. The summed E-state index contributed by atoms with van der Waals surface area (Å²) in [5.74, 6) is 6.11. The fourth-order valence-corrected chi connectivity index (χ4v) is 2.87. The highest BCUT2D eigenvalue weighted by atomic mass is 32.2.